The summed E-state index contributed by atoms with van der Waals surface area (Å²) in [5, 5.41) is 2.61. The number of sulfonamides is 1. The highest BCUT2D eigenvalue weighted by Gasteiger charge is 2.23. The molecule has 1 amide bonds. The van der Waals surface area contributed by atoms with E-state index in [1.165, 1.54) is 25.4 Å². The van der Waals surface area contributed by atoms with E-state index in [1.54, 1.807) is 6.92 Å². The number of aromatic nitrogens is 1. The van der Waals surface area contributed by atoms with Gasteiger partial charge in [-0.15, -0.1) is 0 Å². The molecule has 0 radical (unpaired) electrons. The lowest BCUT2D eigenvalue weighted by molar-refractivity contribution is -0.121. The van der Waals surface area contributed by atoms with E-state index >= 15 is 0 Å². The molecule has 0 saturated carbocycles. The lowest BCUT2D eigenvalue weighted by atomic mass is 10.5. The number of pyridine rings is 1. The third-order valence-corrected chi connectivity index (χ3v) is 4.15. The maximum Gasteiger partial charge on any atom is 0.243 e. The summed E-state index contributed by atoms with van der Waals surface area (Å²) in [4.78, 5) is 15.1. The van der Waals surface area contributed by atoms with Crippen LogP contribution in [0.25, 0.3) is 0 Å². The van der Waals surface area contributed by atoms with E-state index in [1.807, 2.05) is 0 Å². The van der Waals surface area contributed by atoms with Crippen LogP contribution in [0.4, 0.5) is 0 Å². The predicted octanol–water partition coefficient (Wildman–Crippen LogP) is 0.492. The second kappa shape index (κ2) is 6.12. The van der Waals surface area contributed by atoms with Gasteiger partial charge in [-0.2, -0.15) is 4.31 Å². The summed E-state index contributed by atoms with van der Waals surface area (Å²) in [5.41, 5.74) is 0. The number of hydrogen-bond donors (Lipinski definition) is 1. The van der Waals surface area contributed by atoms with Crippen LogP contribution in [-0.2, 0) is 14.8 Å². The molecule has 0 unspecified atom stereocenters. The first kappa shape index (κ1) is 14.9. The van der Waals surface area contributed by atoms with Crippen LogP contribution >= 0.6 is 11.6 Å². The van der Waals surface area contributed by atoms with Crippen LogP contribution in [0.3, 0.4) is 0 Å². The Balaban J connectivity index is 2.90. The normalized spacial score (nSPS) is 11.6. The van der Waals surface area contributed by atoms with Crippen molar-refractivity contribution in [2.24, 2.45) is 0 Å². The molecule has 1 N–H and O–H groups in total. The lowest BCUT2D eigenvalue weighted by Crippen LogP contribution is -2.38. The Morgan fingerprint density at radius 2 is 2.22 bits per heavy atom. The predicted molar refractivity (Wildman–Crippen MR) is 67.7 cm³/mol. The largest absolute Gasteiger partial charge is 0.355 e. The second-order valence-corrected chi connectivity index (χ2v) is 5.96. The first-order valence-corrected chi connectivity index (χ1v) is 7.04. The van der Waals surface area contributed by atoms with Gasteiger partial charge in [0.2, 0.25) is 15.9 Å². The number of halogens is 1. The molecule has 0 spiro atoms. The molecule has 1 rings (SSSR count). The molecule has 0 aliphatic carbocycles. The van der Waals surface area contributed by atoms with Crippen LogP contribution in [0.2, 0.25) is 5.15 Å². The zero-order valence-electron chi connectivity index (χ0n) is 10.1. The van der Waals surface area contributed by atoms with Crippen molar-refractivity contribution in [3.05, 3.63) is 23.5 Å². The van der Waals surface area contributed by atoms with Crippen LogP contribution in [0, 0.1) is 0 Å². The molecule has 0 aliphatic rings. The third-order valence-electron chi connectivity index (χ3n) is 2.15. The minimum Gasteiger partial charge on any atom is -0.355 e. The number of nitrogens with zero attached hydrogens (tertiary/aromatic N) is 2. The second-order valence-electron chi connectivity index (χ2n) is 3.53. The molecule has 0 aromatic carbocycles. The first-order chi connectivity index (χ1) is 8.37. The minimum atomic E-state index is -3.73. The maximum atomic E-state index is 12.1. The summed E-state index contributed by atoms with van der Waals surface area (Å²) in [6.07, 6.45) is 1.30. The molecule has 0 fully saturated rings. The molecule has 1 aromatic heterocycles. The summed E-state index contributed by atoms with van der Waals surface area (Å²) >= 11 is 5.64. The van der Waals surface area contributed by atoms with E-state index in [2.05, 4.69) is 10.3 Å². The van der Waals surface area contributed by atoms with Crippen LogP contribution in [0.1, 0.15) is 6.92 Å². The van der Waals surface area contributed by atoms with Gasteiger partial charge in [0.25, 0.3) is 0 Å². The number of amides is 1. The van der Waals surface area contributed by atoms with Crippen LogP contribution in [0.5, 0.6) is 0 Å². The van der Waals surface area contributed by atoms with Gasteiger partial charge in [0.15, 0.2) is 0 Å². The van der Waals surface area contributed by atoms with E-state index < -0.39 is 10.0 Å². The highest BCUT2D eigenvalue weighted by atomic mass is 35.5. The van der Waals surface area contributed by atoms with Crippen molar-refractivity contribution in [3.8, 4) is 0 Å². The Labute approximate surface area is 111 Å². The van der Waals surface area contributed by atoms with Crippen LogP contribution in [0.15, 0.2) is 23.2 Å². The topological polar surface area (TPSA) is 79.4 Å². The minimum absolute atomic E-state index is 0.00861. The Kier molecular flexibility index (Phi) is 5.06. The smallest absolute Gasteiger partial charge is 0.243 e. The van der Waals surface area contributed by atoms with E-state index in [0.717, 1.165) is 4.31 Å². The van der Waals surface area contributed by atoms with Crippen molar-refractivity contribution in [1.29, 1.82) is 0 Å². The van der Waals surface area contributed by atoms with Gasteiger partial charge in [-0.25, -0.2) is 13.4 Å². The Morgan fingerprint density at radius 1 is 1.56 bits per heavy atom. The van der Waals surface area contributed by atoms with E-state index in [9.17, 15) is 13.2 Å². The molecule has 1 aromatic rings. The summed E-state index contributed by atoms with van der Waals surface area (Å²) in [7, 11) is -2.39. The molecule has 8 heteroatoms. The van der Waals surface area contributed by atoms with Crippen molar-refractivity contribution in [2.45, 2.75) is 11.8 Å². The summed E-state index contributed by atoms with van der Waals surface area (Å²) in [6.45, 7) is 1.97. The van der Waals surface area contributed by atoms with Gasteiger partial charge in [0.05, 0.1) is 11.4 Å². The molecule has 18 heavy (non-hydrogen) atoms. The van der Waals surface area contributed by atoms with E-state index in [0.29, 0.717) is 6.54 Å². The molecular formula is C10H14ClN3O3S. The fourth-order valence-corrected chi connectivity index (χ4v) is 2.64. The zero-order chi connectivity index (χ0) is 13.8. The van der Waals surface area contributed by atoms with Gasteiger partial charge >= 0.3 is 0 Å². The molecule has 1 heterocycles. The molecule has 0 atom stereocenters. The van der Waals surface area contributed by atoms with Crippen LogP contribution in [-0.4, -0.2) is 43.8 Å². The number of carbonyl (C=O) groups is 1. The lowest BCUT2D eigenvalue weighted by Gasteiger charge is -2.16. The number of nitrogens with one attached hydrogen (secondary N) is 1. The van der Waals surface area contributed by atoms with Crippen molar-refractivity contribution in [3.63, 3.8) is 0 Å². The van der Waals surface area contributed by atoms with Gasteiger partial charge in [0.1, 0.15) is 5.15 Å². The van der Waals surface area contributed by atoms with Crippen molar-refractivity contribution in [1.82, 2.24) is 14.6 Å². The SMILES string of the molecule is CCNC(=O)CN(C)S(=O)(=O)c1ccnc(Cl)c1. The summed E-state index contributed by atoms with van der Waals surface area (Å²) in [5.74, 6) is -0.358. The number of hydrogen-bond acceptors (Lipinski definition) is 4. The molecule has 100 valence electrons. The average Bonchev–Trinajstić information content (AvgIpc) is 2.29. The molecule has 0 aliphatic heterocycles. The third kappa shape index (κ3) is 3.66. The maximum absolute atomic E-state index is 12.1. The Hall–Kier alpha value is -1.18. The van der Waals surface area contributed by atoms with Gasteiger partial charge in [-0.1, -0.05) is 11.6 Å². The fraction of sp³-hybridized carbons (Fsp3) is 0.400. The number of rotatable bonds is 5. The van der Waals surface area contributed by atoms with E-state index in [4.69, 9.17) is 11.6 Å². The average molecular weight is 292 g/mol. The fourth-order valence-electron chi connectivity index (χ4n) is 1.27. The number of likely N-dealkylation sites (N-methyl/N-ethyl adjacent to an activating group) is 2. The van der Waals surface area contributed by atoms with Gasteiger partial charge in [-0.3, -0.25) is 4.79 Å². The molecular weight excluding hydrogens is 278 g/mol. The van der Waals surface area contributed by atoms with E-state index in [-0.39, 0.29) is 22.5 Å². The van der Waals surface area contributed by atoms with Gasteiger partial charge < -0.3 is 5.32 Å². The Morgan fingerprint density at radius 3 is 2.78 bits per heavy atom. The van der Waals surface area contributed by atoms with Gasteiger partial charge in [-0.05, 0) is 19.1 Å². The molecule has 6 nitrogen and oxygen atoms in total. The van der Waals surface area contributed by atoms with Crippen molar-refractivity contribution >= 4 is 27.5 Å². The highest BCUT2D eigenvalue weighted by molar-refractivity contribution is 7.89. The van der Waals surface area contributed by atoms with Crippen LogP contribution < -0.4 is 5.32 Å². The summed E-state index contributed by atoms with van der Waals surface area (Å²) < 4.78 is 25.1. The van der Waals surface area contributed by atoms with Gasteiger partial charge in [0, 0.05) is 19.8 Å². The quantitative estimate of drug-likeness (QED) is 0.801. The molecule has 0 bridgehead atoms. The summed E-state index contributed by atoms with van der Waals surface area (Å²) in [6, 6.07) is 2.57. The standard InChI is InChI=1S/C10H14ClN3O3S/c1-3-12-10(15)7-14(2)18(16,17)8-4-5-13-9(11)6-8/h4-6H,3,7H2,1-2H3,(H,12,15). The monoisotopic (exact) mass is 291 g/mol. The number of carbonyl (C=O) groups excluding carboxylic acids is 1. The zero-order valence-corrected chi connectivity index (χ0v) is 11.6. The Bertz CT molecular complexity index is 533. The van der Waals surface area contributed by atoms with Crippen molar-refractivity contribution in [2.75, 3.05) is 20.1 Å². The first-order valence-electron chi connectivity index (χ1n) is 5.22. The highest BCUT2D eigenvalue weighted by Crippen LogP contribution is 2.16. The van der Waals surface area contributed by atoms with Crippen molar-refractivity contribution < 1.29 is 13.2 Å². The molecule has 0 saturated heterocycles.